The number of rotatable bonds is 3. The Morgan fingerprint density at radius 1 is 1.22 bits per heavy atom. The number of carbonyl (C=O) groups is 1. The molecule has 0 bridgehead atoms. The Bertz CT molecular complexity index is 862. The maximum Gasteiger partial charge on any atom is 0.306 e. The Morgan fingerprint density at radius 3 is 2.43 bits per heavy atom. The van der Waals surface area contributed by atoms with E-state index in [9.17, 15) is 13.2 Å². The number of fused-ring (bicyclic) bond motifs is 1. The van der Waals surface area contributed by atoms with Crippen molar-refractivity contribution in [3.63, 3.8) is 0 Å². The van der Waals surface area contributed by atoms with Crippen molar-refractivity contribution in [3.05, 3.63) is 30.0 Å². The molecule has 1 aliphatic rings. The smallest absolute Gasteiger partial charge is 0.306 e. The minimum Gasteiger partial charge on any atom is -0.481 e. The number of hydrogen-bond acceptors (Lipinski definition) is 3. The van der Waals surface area contributed by atoms with Gasteiger partial charge in [0.1, 0.15) is 4.90 Å². The molecule has 0 saturated carbocycles. The van der Waals surface area contributed by atoms with E-state index in [1.165, 1.54) is 4.31 Å². The second-order valence-corrected chi connectivity index (χ2v) is 7.88. The van der Waals surface area contributed by atoms with Crippen molar-refractivity contribution in [3.8, 4) is 0 Å². The lowest BCUT2D eigenvalue weighted by atomic mass is 9.99. The van der Waals surface area contributed by atoms with Gasteiger partial charge in [-0.2, -0.15) is 4.31 Å². The van der Waals surface area contributed by atoms with Crippen molar-refractivity contribution in [2.45, 2.75) is 24.7 Å². The van der Waals surface area contributed by atoms with E-state index < -0.39 is 21.9 Å². The van der Waals surface area contributed by atoms with Crippen molar-refractivity contribution in [2.24, 2.45) is 13.0 Å². The van der Waals surface area contributed by atoms with Crippen LogP contribution in [0.15, 0.2) is 29.2 Å². The highest BCUT2D eigenvalue weighted by atomic mass is 32.2. The van der Waals surface area contributed by atoms with Crippen molar-refractivity contribution in [2.75, 3.05) is 13.1 Å². The molecule has 3 rings (SSSR count). The number of nitrogens with zero attached hydrogens (tertiary/aromatic N) is 2. The van der Waals surface area contributed by atoms with Crippen LogP contribution in [0.2, 0.25) is 0 Å². The molecule has 1 N–H and O–H groups in total. The highest BCUT2D eigenvalue weighted by Crippen LogP contribution is 2.32. The van der Waals surface area contributed by atoms with Gasteiger partial charge in [-0.1, -0.05) is 18.2 Å². The lowest BCUT2D eigenvalue weighted by molar-refractivity contribution is -0.142. The van der Waals surface area contributed by atoms with Crippen LogP contribution >= 0.6 is 0 Å². The monoisotopic (exact) mass is 336 g/mol. The summed E-state index contributed by atoms with van der Waals surface area (Å²) in [5, 5.41) is 9.78. The molecule has 6 nitrogen and oxygen atoms in total. The van der Waals surface area contributed by atoms with Gasteiger partial charge in [-0.3, -0.25) is 4.79 Å². The Hall–Kier alpha value is -1.86. The summed E-state index contributed by atoms with van der Waals surface area (Å²) in [4.78, 5) is 11.4. The summed E-state index contributed by atoms with van der Waals surface area (Å²) >= 11 is 0. The number of aromatic nitrogens is 1. The van der Waals surface area contributed by atoms with Crippen LogP contribution in [0, 0.1) is 12.8 Å². The zero-order valence-electron chi connectivity index (χ0n) is 13.2. The van der Waals surface area contributed by atoms with Gasteiger partial charge in [-0.15, -0.1) is 0 Å². The van der Waals surface area contributed by atoms with Crippen LogP contribution < -0.4 is 0 Å². The van der Waals surface area contributed by atoms with Crippen molar-refractivity contribution >= 4 is 26.9 Å². The Morgan fingerprint density at radius 2 is 1.83 bits per heavy atom. The maximum absolute atomic E-state index is 13.1. The molecule has 1 aromatic carbocycles. The summed E-state index contributed by atoms with van der Waals surface area (Å²) in [6.45, 7) is 2.31. The summed E-state index contributed by atoms with van der Waals surface area (Å²) in [5.74, 6) is -1.29. The highest BCUT2D eigenvalue weighted by Gasteiger charge is 2.34. The maximum atomic E-state index is 13.1. The van der Waals surface area contributed by atoms with Crippen molar-refractivity contribution in [1.29, 1.82) is 0 Å². The number of para-hydroxylation sites is 1. The number of hydrogen-bond donors (Lipinski definition) is 1. The average molecular weight is 336 g/mol. The lowest BCUT2D eigenvalue weighted by Crippen LogP contribution is -2.40. The highest BCUT2D eigenvalue weighted by molar-refractivity contribution is 7.89. The van der Waals surface area contributed by atoms with E-state index in [2.05, 4.69) is 0 Å². The fourth-order valence-corrected chi connectivity index (χ4v) is 5.19. The van der Waals surface area contributed by atoms with Gasteiger partial charge in [0, 0.05) is 36.7 Å². The molecule has 0 unspecified atom stereocenters. The van der Waals surface area contributed by atoms with E-state index in [1.54, 1.807) is 6.92 Å². The third kappa shape index (κ3) is 2.53. The first-order valence-corrected chi connectivity index (χ1v) is 9.05. The number of carboxylic acids is 1. The fourth-order valence-electron chi connectivity index (χ4n) is 3.28. The number of carboxylic acid groups (broad SMARTS) is 1. The third-order valence-electron chi connectivity index (χ3n) is 4.74. The number of aryl methyl sites for hydroxylation is 1. The summed E-state index contributed by atoms with van der Waals surface area (Å²) in [6, 6.07) is 7.44. The first-order valence-electron chi connectivity index (χ1n) is 7.61. The van der Waals surface area contributed by atoms with Crippen LogP contribution in [0.4, 0.5) is 0 Å². The SMILES string of the molecule is Cc1c(S(=O)(=O)N2CCC(C(=O)O)CC2)c2ccccc2n1C. The topological polar surface area (TPSA) is 79.6 Å². The third-order valence-corrected chi connectivity index (χ3v) is 6.82. The molecular weight excluding hydrogens is 316 g/mol. The van der Waals surface area contributed by atoms with Gasteiger partial charge in [0.15, 0.2) is 0 Å². The minimum atomic E-state index is -3.63. The van der Waals surface area contributed by atoms with E-state index >= 15 is 0 Å². The second kappa shape index (κ2) is 5.65. The average Bonchev–Trinajstić information content (AvgIpc) is 2.80. The van der Waals surface area contributed by atoms with E-state index in [4.69, 9.17) is 5.11 Å². The van der Waals surface area contributed by atoms with Gasteiger partial charge in [-0.05, 0) is 25.8 Å². The standard InChI is InChI=1S/C16H20N2O4S/c1-11-15(13-5-3-4-6-14(13)17(11)2)23(21,22)18-9-7-12(8-10-18)16(19)20/h3-6,12H,7-10H2,1-2H3,(H,19,20). The number of aliphatic carboxylic acids is 1. The van der Waals surface area contributed by atoms with Crippen LogP contribution in [-0.2, 0) is 21.9 Å². The minimum absolute atomic E-state index is 0.252. The molecule has 0 aliphatic carbocycles. The predicted octanol–water partition coefficient (Wildman–Crippen LogP) is 1.97. The number of sulfonamides is 1. The molecule has 1 fully saturated rings. The molecule has 0 amide bonds. The molecule has 0 radical (unpaired) electrons. The fraction of sp³-hybridized carbons (Fsp3) is 0.438. The second-order valence-electron chi connectivity index (χ2n) is 6.01. The molecule has 0 atom stereocenters. The molecule has 1 aromatic heterocycles. The Balaban J connectivity index is 2.02. The largest absolute Gasteiger partial charge is 0.481 e. The van der Waals surface area contributed by atoms with E-state index in [1.807, 2.05) is 35.9 Å². The molecule has 2 aromatic rings. The van der Waals surface area contributed by atoms with Crippen LogP contribution in [0.25, 0.3) is 10.9 Å². The van der Waals surface area contributed by atoms with Crippen LogP contribution in [0.5, 0.6) is 0 Å². The van der Waals surface area contributed by atoms with Crippen LogP contribution in [-0.4, -0.2) is 41.5 Å². The summed E-state index contributed by atoms with van der Waals surface area (Å²) in [5.41, 5.74) is 1.58. The van der Waals surface area contributed by atoms with Gasteiger partial charge in [0.2, 0.25) is 10.0 Å². The first-order chi connectivity index (χ1) is 10.8. The Kier molecular flexibility index (Phi) is 3.93. The van der Waals surface area contributed by atoms with Gasteiger partial charge < -0.3 is 9.67 Å². The molecule has 7 heteroatoms. The summed E-state index contributed by atoms with van der Waals surface area (Å²) in [7, 11) is -1.77. The van der Waals surface area contributed by atoms with Crippen molar-refractivity contribution in [1.82, 2.24) is 8.87 Å². The van der Waals surface area contributed by atoms with Gasteiger partial charge in [-0.25, -0.2) is 8.42 Å². The number of benzene rings is 1. The lowest BCUT2D eigenvalue weighted by Gasteiger charge is -2.29. The summed E-state index contributed by atoms with van der Waals surface area (Å²) in [6.07, 6.45) is 0.719. The molecule has 1 aliphatic heterocycles. The van der Waals surface area contributed by atoms with E-state index in [-0.39, 0.29) is 13.1 Å². The summed E-state index contributed by atoms with van der Waals surface area (Å²) < 4.78 is 29.5. The molecular formula is C16H20N2O4S. The zero-order chi connectivity index (χ0) is 16.8. The molecule has 2 heterocycles. The van der Waals surface area contributed by atoms with E-state index in [0.717, 1.165) is 5.52 Å². The molecule has 1 saturated heterocycles. The van der Waals surface area contributed by atoms with E-state index in [0.29, 0.717) is 28.8 Å². The first kappa shape index (κ1) is 16.0. The molecule has 0 spiro atoms. The van der Waals surface area contributed by atoms with Crippen LogP contribution in [0.1, 0.15) is 18.5 Å². The van der Waals surface area contributed by atoms with Gasteiger partial charge >= 0.3 is 5.97 Å². The number of piperidine rings is 1. The zero-order valence-corrected chi connectivity index (χ0v) is 14.0. The predicted molar refractivity (Wildman–Crippen MR) is 86.8 cm³/mol. The van der Waals surface area contributed by atoms with Gasteiger partial charge in [0.05, 0.1) is 5.92 Å². The van der Waals surface area contributed by atoms with Crippen LogP contribution in [0.3, 0.4) is 0 Å². The van der Waals surface area contributed by atoms with Crippen molar-refractivity contribution < 1.29 is 18.3 Å². The van der Waals surface area contributed by atoms with Gasteiger partial charge in [0.25, 0.3) is 0 Å². The quantitative estimate of drug-likeness (QED) is 0.929. The normalized spacial score (nSPS) is 17.7. The molecule has 23 heavy (non-hydrogen) atoms. The Labute approximate surface area is 135 Å². The molecule has 124 valence electrons.